The van der Waals surface area contributed by atoms with E-state index >= 15 is 0 Å². The van der Waals surface area contributed by atoms with Crippen molar-refractivity contribution in [2.45, 2.75) is 46.5 Å². The fourth-order valence-corrected chi connectivity index (χ4v) is 2.08. The second kappa shape index (κ2) is 9.76. The zero-order chi connectivity index (χ0) is 14.0. The molecular weight excluding hydrogens is 222 g/mol. The number of hydrogen-bond acceptors (Lipinski definition) is 3. The van der Waals surface area contributed by atoms with Crippen LogP contribution in [0.1, 0.15) is 46.5 Å². The summed E-state index contributed by atoms with van der Waals surface area (Å²) in [5.74, 6) is 0. The Labute approximate surface area is 115 Å². The summed E-state index contributed by atoms with van der Waals surface area (Å²) in [6.07, 6.45) is 5.13. The largest absolute Gasteiger partial charge is 0.330 e. The van der Waals surface area contributed by atoms with Gasteiger partial charge in [-0.3, -0.25) is 0 Å². The lowest BCUT2D eigenvalue weighted by atomic mass is 9.87. The highest BCUT2D eigenvalue weighted by Crippen LogP contribution is 2.21. The van der Waals surface area contributed by atoms with Gasteiger partial charge in [0.15, 0.2) is 0 Å². The molecule has 0 saturated carbocycles. The van der Waals surface area contributed by atoms with Gasteiger partial charge in [-0.05, 0) is 71.5 Å². The van der Waals surface area contributed by atoms with E-state index in [2.05, 4.69) is 44.7 Å². The third-order valence-corrected chi connectivity index (χ3v) is 3.66. The summed E-state index contributed by atoms with van der Waals surface area (Å²) in [4.78, 5) is 4.83. The van der Waals surface area contributed by atoms with Crippen LogP contribution < -0.4 is 5.73 Å². The Kier molecular flexibility index (Phi) is 9.70. The fraction of sp³-hybridized carbons (Fsp3) is 1.00. The molecule has 0 atom stereocenters. The highest BCUT2D eigenvalue weighted by atomic mass is 15.1. The topological polar surface area (TPSA) is 32.5 Å². The van der Waals surface area contributed by atoms with Crippen LogP contribution in [0.5, 0.6) is 0 Å². The number of rotatable bonds is 11. The quantitative estimate of drug-likeness (QED) is 0.577. The Balaban J connectivity index is 3.61. The summed E-state index contributed by atoms with van der Waals surface area (Å²) < 4.78 is 0. The van der Waals surface area contributed by atoms with Crippen molar-refractivity contribution in [3.05, 3.63) is 0 Å². The van der Waals surface area contributed by atoms with Gasteiger partial charge in [0.2, 0.25) is 0 Å². The highest BCUT2D eigenvalue weighted by Gasteiger charge is 2.14. The molecule has 0 aliphatic heterocycles. The van der Waals surface area contributed by atoms with Crippen molar-refractivity contribution in [3.8, 4) is 0 Å². The van der Waals surface area contributed by atoms with Crippen molar-refractivity contribution in [2.75, 3.05) is 46.8 Å². The third kappa shape index (κ3) is 9.86. The van der Waals surface area contributed by atoms with Gasteiger partial charge in [0.25, 0.3) is 0 Å². The molecule has 18 heavy (non-hydrogen) atoms. The Hall–Kier alpha value is -0.120. The lowest BCUT2D eigenvalue weighted by Gasteiger charge is -2.24. The smallest absolute Gasteiger partial charge is 0.000667 e. The van der Waals surface area contributed by atoms with Crippen LogP contribution in [-0.2, 0) is 0 Å². The van der Waals surface area contributed by atoms with Crippen molar-refractivity contribution in [2.24, 2.45) is 11.1 Å². The normalized spacial score (nSPS) is 12.7. The van der Waals surface area contributed by atoms with Crippen molar-refractivity contribution in [3.63, 3.8) is 0 Å². The summed E-state index contributed by atoms with van der Waals surface area (Å²) in [7, 11) is 4.29. The fourth-order valence-electron chi connectivity index (χ4n) is 2.08. The van der Waals surface area contributed by atoms with Gasteiger partial charge in [0.1, 0.15) is 0 Å². The number of nitrogens with two attached hydrogens (primary N) is 1. The van der Waals surface area contributed by atoms with Gasteiger partial charge in [-0.1, -0.05) is 27.2 Å². The molecular formula is C15H35N3. The minimum atomic E-state index is 0.321. The van der Waals surface area contributed by atoms with E-state index in [9.17, 15) is 0 Å². The van der Waals surface area contributed by atoms with Crippen molar-refractivity contribution < 1.29 is 0 Å². The van der Waals surface area contributed by atoms with E-state index in [-0.39, 0.29) is 0 Å². The second-order valence-electron chi connectivity index (χ2n) is 6.42. The Morgan fingerprint density at radius 2 is 1.56 bits per heavy atom. The van der Waals surface area contributed by atoms with Gasteiger partial charge in [0, 0.05) is 0 Å². The molecule has 0 aromatic heterocycles. The molecule has 0 aromatic carbocycles. The van der Waals surface area contributed by atoms with Gasteiger partial charge in [-0.2, -0.15) is 0 Å². The molecule has 0 spiro atoms. The van der Waals surface area contributed by atoms with Crippen LogP contribution in [0.15, 0.2) is 0 Å². The highest BCUT2D eigenvalue weighted by molar-refractivity contribution is 4.69. The monoisotopic (exact) mass is 257 g/mol. The van der Waals surface area contributed by atoms with E-state index < -0.39 is 0 Å². The maximum absolute atomic E-state index is 5.75. The van der Waals surface area contributed by atoms with Crippen molar-refractivity contribution >= 4 is 0 Å². The molecule has 0 bridgehead atoms. The molecule has 2 N–H and O–H groups in total. The minimum Gasteiger partial charge on any atom is -0.330 e. The van der Waals surface area contributed by atoms with Gasteiger partial charge < -0.3 is 15.5 Å². The SMILES string of the molecule is CCN(CCCCC(C)(C)CN)CCCN(C)C. The summed E-state index contributed by atoms with van der Waals surface area (Å²) in [6.45, 7) is 12.4. The molecule has 0 unspecified atom stereocenters. The van der Waals surface area contributed by atoms with Crippen molar-refractivity contribution in [1.29, 1.82) is 0 Å². The predicted octanol–water partition coefficient (Wildman–Crippen LogP) is 2.42. The predicted molar refractivity (Wildman–Crippen MR) is 82.0 cm³/mol. The van der Waals surface area contributed by atoms with Gasteiger partial charge in [-0.15, -0.1) is 0 Å². The third-order valence-electron chi connectivity index (χ3n) is 3.66. The van der Waals surface area contributed by atoms with E-state index in [4.69, 9.17) is 5.73 Å². The molecule has 0 amide bonds. The van der Waals surface area contributed by atoms with E-state index in [0.29, 0.717) is 5.41 Å². The molecule has 0 aromatic rings. The maximum Gasteiger partial charge on any atom is -0.000667 e. The molecule has 0 aliphatic rings. The minimum absolute atomic E-state index is 0.321. The molecule has 0 rings (SSSR count). The Morgan fingerprint density at radius 3 is 2.06 bits per heavy atom. The second-order valence-corrected chi connectivity index (χ2v) is 6.42. The summed E-state index contributed by atoms with van der Waals surface area (Å²) >= 11 is 0. The van der Waals surface area contributed by atoms with Crippen LogP contribution in [-0.4, -0.2) is 56.6 Å². The molecule has 3 heteroatoms. The summed E-state index contributed by atoms with van der Waals surface area (Å²) in [5.41, 5.74) is 6.07. The van der Waals surface area contributed by atoms with Crippen LogP contribution >= 0.6 is 0 Å². The molecule has 0 fully saturated rings. The number of hydrogen-bond donors (Lipinski definition) is 1. The van der Waals surface area contributed by atoms with Crippen LogP contribution in [0, 0.1) is 5.41 Å². The molecule has 0 heterocycles. The summed E-state index contributed by atoms with van der Waals surface area (Å²) in [6, 6.07) is 0. The van der Waals surface area contributed by atoms with Gasteiger partial charge >= 0.3 is 0 Å². The Morgan fingerprint density at radius 1 is 0.944 bits per heavy atom. The van der Waals surface area contributed by atoms with E-state index in [1.54, 1.807) is 0 Å². The molecule has 110 valence electrons. The summed E-state index contributed by atoms with van der Waals surface area (Å²) in [5, 5.41) is 0. The molecule has 0 saturated heterocycles. The zero-order valence-electron chi connectivity index (χ0n) is 13.3. The lowest BCUT2D eigenvalue weighted by molar-refractivity contribution is 0.251. The lowest BCUT2D eigenvalue weighted by Crippen LogP contribution is -2.29. The maximum atomic E-state index is 5.75. The Bertz CT molecular complexity index is 190. The number of unbranched alkanes of at least 4 members (excludes halogenated alkanes) is 1. The van der Waals surface area contributed by atoms with Crippen LogP contribution in [0.25, 0.3) is 0 Å². The molecule has 0 aliphatic carbocycles. The molecule has 0 radical (unpaired) electrons. The first-order valence-electron chi connectivity index (χ1n) is 7.48. The van der Waals surface area contributed by atoms with E-state index in [0.717, 1.165) is 6.54 Å². The average molecular weight is 257 g/mol. The molecule has 3 nitrogen and oxygen atoms in total. The average Bonchev–Trinajstić information content (AvgIpc) is 2.31. The van der Waals surface area contributed by atoms with Crippen LogP contribution in [0.4, 0.5) is 0 Å². The van der Waals surface area contributed by atoms with Gasteiger partial charge in [0.05, 0.1) is 0 Å². The number of nitrogens with zero attached hydrogens (tertiary/aromatic N) is 2. The van der Waals surface area contributed by atoms with E-state index in [1.807, 2.05) is 0 Å². The first-order chi connectivity index (χ1) is 8.41. The van der Waals surface area contributed by atoms with Crippen molar-refractivity contribution in [1.82, 2.24) is 9.80 Å². The zero-order valence-corrected chi connectivity index (χ0v) is 13.3. The standard InChI is InChI=1S/C15H35N3/c1-6-18(13-9-11-17(4)5)12-8-7-10-15(2,3)14-16/h6-14,16H2,1-5H3. The first-order valence-corrected chi connectivity index (χ1v) is 7.48. The first kappa shape index (κ1) is 17.9. The van der Waals surface area contributed by atoms with Crippen LogP contribution in [0.3, 0.4) is 0 Å². The van der Waals surface area contributed by atoms with Crippen LogP contribution in [0.2, 0.25) is 0 Å². The van der Waals surface area contributed by atoms with E-state index in [1.165, 1.54) is 51.9 Å². The van der Waals surface area contributed by atoms with Gasteiger partial charge in [-0.25, -0.2) is 0 Å².